The fraction of sp³-hybridized carbons (Fsp3) is 0.300. The van der Waals surface area contributed by atoms with E-state index in [1.54, 1.807) is 11.8 Å². The largest absolute Gasteiger partial charge is 0.335 e. The van der Waals surface area contributed by atoms with Gasteiger partial charge >= 0.3 is 0 Å². The summed E-state index contributed by atoms with van der Waals surface area (Å²) in [6, 6.07) is 8.08. The van der Waals surface area contributed by atoms with Gasteiger partial charge in [-0.25, -0.2) is 0 Å². The second-order valence-corrected chi connectivity index (χ2v) is 4.67. The van der Waals surface area contributed by atoms with Gasteiger partial charge in [0, 0.05) is 16.5 Å². The van der Waals surface area contributed by atoms with Gasteiger partial charge in [-0.05, 0) is 25.1 Å². The summed E-state index contributed by atoms with van der Waals surface area (Å²) in [4.78, 5) is 4.44. The highest BCUT2D eigenvalue weighted by Gasteiger charge is 2.13. The summed E-state index contributed by atoms with van der Waals surface area (Å²) < 4.78 is 0. The molecule has 0 aliphatic carbocycles. The molecular weight excluding hydrogens is 216 g/mol. The number of benzene rings is 1. The molecule has 74 valence electrons. The molecule has 0 fully saturated rings. The molecule has 2 rings (SSSR count). The molecule has 0 aromatic heterocycles. The molecule has 1 heterocycles. The zero-order chi connectivity index (χ0) is 9.97. The second kappa shape index (κ2) is 4.24. The van der Waals surface area contributed by atoms with Gasteiger partial charge in [-0.2, -0.15) is 0 Å². The molecule has 0 bridgehead atoms. The zero-order valence-corrected chi connectivity index (χ0v) is 9.40. The molecule has 4 heteroatoms. The maximum atomic E-state index is 5.87. The fourth-order valence-corrected chi connectivity index (χ4v) is 2.34. The first kappa shape index (κ1) is 9.87. The van der Waals surface area contributed by atoms with E-state index in [2.05, 4.69) is 17.2 Å². The maximum absolute atomic E-state index is 5.87. The van der Waals surface area contributed by atoms with Crippen LogP contribution in [0.2, 0.25) is 5.02 Å². The lowest BCUT2D eigenvalue weighted by Crippen LogP contribution is -2.04. The molecule has 14 heavy (non-hydrogen) atoms. The van der Waals surface area contributed by atoms with Crippen LogP contribution in [-0.4, -0.2) is 17.0 Å². The summed E-state index contributed by atoms with van der Waals surface area (Å²) in [5, 5.41) is 4.97. The molecule has 0 saturated heterocycles. The number of halogens is 1. The molecule has 0 spiro atoms. The minimum Gasteiger partial charge on any atom is -0.335 e. The van der Waals surface area contributed by atoms with E-state index in [-0.39, 0.29) is 0 Å². The van der Waals surface area contributed by atoms with E-state index in [1.165, 1.54) is 0 Å². The van der Waals surface area contributed by atoms with E-state index in [9.17, 15) is 0 Å². The number of hydrogen-bond donors (Lipinski definition) is 1. The van der Waals surface area contributed by atoms with E-state index in [0.717, 1.165) is 21.6 Å². The molecule has 0 saturated carbocycles. The normalized spacial score (nSPS) is 20.7. The maximum Gasteiger partial charge on any atom is 0.161 e. The van der Waals surface area contributed by atoms with Crippen LogP contribution < -0.4 is 5.32 Å². The van der Waals surface area contributed by atoms with Crippen molar-refractivity contribution in [3.63, 3.8) is 0 Å². The molecule has 1 atom stereocenters. The number of nitrogens with one attached hydrogen (secondary N) is 1. The predicted octanol–water partition coefficient (Wildman–Crippen LogP) is 3.24. The van der Waals surface area contributed by atoms with Gasteiger partial charge in [0.15, 0.2) is 5.17 Å². The summed E-state index contributed by atoms with van der Waals surface area (Å²) in [5.41, 5.74) is 0.998. The molecule has 0 radical (unpaired) electrons. The van der Waals surface area contributed by atoms with Crippen LogP contribution in [0.3, 0.4) is 0 Å². The number of thioether (sulfide) groups is 1. The summed E-state index contributed by atoms with van der Waals surface area (Å²) in [6.07, 6.45) is 0. The average Bonchev–Trinajstić information content (AvgIpc) is 2.51. The summed E-state index contributed by atoms with van der Waals surface area (Å²) >= 11 is 7.62. The van der Waals surface area contributed by atoms with Crippen LogP contribution in [0.1, 0.15) is 6.92 Å². The highest BCUT2D eigenvalue weighted by molar-refractivity contribution is 8.14. The SMILES string of the molecule is CC1CSC(Nc2cccc(Cl)c2)=N1. The van der Waals surface area contributed by atoms with Crippen molar-refractivity contribution in [1.29, 1.82) is 0 Å². The van der Waals surface area contributed by atoms with Gasteiger partial charge in [-0.3, -0.25) is 4.99 Å². The minimum absolute atomic E-state index is 0.418. The van der Waals surface area contributed by atoms with Crippen molar-refractivity contribution >= 4 is 34.2 Å². The van der Waals surface area contributed by atoms with E-state index in [4.69, 9.17) is 11.6 Å². The van der Waals surface area contributed by atoms with Crippen LogP contribution in [0.15, 0.2) is 29.3 Å². The Hall–Kier alpha value is -0.670. The first-order chi connectivity index (χ1) is 6.74. The van der Waals surface area contributed by atoms with Crippen molar-refractivity contribution < 1.29 is 0 Å². The van der Waals surface area contributed by atoms with Gasteiger partial charge in [-0.1, -0.05) is 29.4 Å². The Morgan fingerprint density at radius 2 is 2.43 bits per heavy atom. The van der Waals surface area contributed by atoms with Crippen molar-refractivity contribution in [1.82, 2.24) is 0 Å². The molecule has 1 aromatic carbocycles. The Balaban J connectivity index is 2.08. The van der Waals surface area contributed by atoms with Gasteiger partial charge < -0.3 is 5.32 Å². The third kappa shape index (κ3) is 2.42. The van der Waals surface area contributed by atoms with Crippen LogP contribution in [0, 0.1) is 0 Å². The van der Waals surface area contributed by atoms with Crippen molar-refractivity contribution in [2.75, 3.05) is 11.1 Å². The van der Waals surface area contributed by atoms with Crippen LogP contribution in [0.5, 0.6) is 0 Å². The number of hydrogen-bond acceptors (Lipinski definition) is 3. The number of nitrogens with zero attached hydrogens (tertiary/aromatic N) is 1. The molecule has 1 aliphatic rings. The van der Waals surface area contributed by atoms with Crippen LogP contribution >= 0.6 is 23.4 Å². The lowest BCUT2D eigenvalue weighted by molar-refractivity contribution is 0.865. The fourth-order valence-electron chi connectivity index (χ4n) is 1.23. The first-order valence-corrected chi connectivity index (χ1v) is 5.83. The van der Waals surface area contributed by atoms with E-state index in [1.807, 2.05) is 24.3 Å². The number of amidine groups is 1. The third-order valence-electron chi connectivity index (χ3n) is 1.87. The van der Waals surface area contributed by atoms with Crippen molar-refractivity contribution in [2.45, 2.75) is 13.0 Å². The lowest BCUT2D eigenvalue weighted by atomic mass is 10.3. The topological polar surface area (TPSA) is 24.4 Å². The van der Waals surface area contributed by atoms with Gasteiger partial charge in [0.1, 0.15) is 0 Å². The standard InChI is InChI=1S/C10H11ClN2S/c1-7-6-14-10(12-7)13-9-4-2-3-8(11)5-9/h2-5,7H,6H2,1H3,(H,12,13). The van der Waals surface area contributed by atoms with Gasteiger partial charge in [0.25, 0.3) is 0 Å². The Bertz CT molecular complexity index is 365. The second-order valence-electron chi connectivity index (χ2n) is 3.23. The van der Waals surface area contributed by atoms with E-state index < -0.39 is 0 Å². The molecule has 1 aromatic rings. The third-order valence-corrected chi connectivity index (χ3v) is 3.24. The minimum atomic E-state index is 0.418. The van der Waals surface area contributed by atoms with Crippen molar-refractivity contribution in [3.05, 3.63) is 29.3 Å². The summed E-state index contributed by atoms with van der Waals surface area (Å²) in [5.74, 6) is 1.06. The van der Waals surface area contributed by atoms with E-state index >= 15 is 0 Å². The van der Waals surface area contributed by atoms with E-state index in [0.29, 0.717) is 6.04 Å². The number of aliphatic imine (C=N–C) groups is 1. The highest BCUT2D eigenvalue weighted by Crippen LogP contribution is 2.21. The van der Waals surface area contributed by atoms with Crippen molar-refractivity contribution in [2.24, 2.45) is 4.99 Å². The summed E-state index contributed by atoms with van der Waals surface area (Å²) in [6.45, 7) is 2.11. The van der Waals surface area contributed by atoms with Gasteiger partial charge in [-0.15, -0.1) is 0 Å². The molecular formula is C10H11ClN2S. The Labute approximate surface area is 92.8 Å². The lowest BCUT2D eigenvalue weighted by Gasteiger charge is -2.04. The molecule has 1 aliphatic heterocycles. The highest BCUT2D eigenvalue weighted by atomic mass is 35.5. The first-order valence-electron chi connectivity index (χ1n) is 4.47. The quantitative estimate of drug-likeness (QED) is 0.795. The smallest absolute Gasteiger partial charge is 0.161 e. The van der Waals surface area contributed by atoms with Crippen LogP contribution in [0.4, 0.5) is 5.69 Å². The molecule has 1 N–H and O–H groups in total. The zero-order valence-electron chi connectivity index (χ0n) is 7.83. The molecule has 0 amide bonds. The van der Waals surface area contributed by atoms with Crippen LogP contribution in [0.25, 0.3) is 0 Å². The average molecular weight is 227 g/mol. The Morgan fingerprint density at radius 1 is 1.57 bits per heavy atom. The predicted molar refractivity (Wildman–Crippen MR) is 64.4 cm³/mol. The molecule has 2 nitrogen and oxygen atoms in total. The van der Waals surface area contributed by atoms with Gasteiger partial charge in [0.05, 0.1) is 6.04 Å². The van der Waals surface area contributed by atoms with Gasteiger partial charge in [0.2, 0.25) is 0 Å². The molecule has 1 unspecified atom stereocenters. The monoisotopic (exact) mass is 226 g/mol. The Morgan fingerprint density at radius 3 is 3.07 bits per heavy atom. The summed E-state index contributed by atoms with van der Waals surface area (Å²) in [7, 11) is 0. The number of anilines is 1. The Kier molecular flexibility index (Phi) is 2.99. The van der Waals surface area contributed by atoms with Crippen LogP contribution in [-0.2, 0) is 0 Å². The number of rotatable bonds is 1. The van der Waals surface area contributed by atoms with Crippen molar-refractivity contribution in [3.8, 4) is 0 Å².